The van der Waals surface area contributed by atoms with Gasteiger partial charge >= 0.3 is 6.18 Å². The van der Waals surface area contributed by atoms with E-state index in [1.807, 2.05) is 0 Å². The van der Waals surface area contributed by atoms with E-state index in [2.05, 4.69) is 15.3 Å². The Balaban J connectivity index is 0.00000364. The van der Waals surface area contributed by atoms with Crippen molar-refractivity contribution in [2.45, 2.75) is 18.2 Å². The lowest BCUT2D eigenvalue weighted by atomic mass is 9.98. The average Bonchev–Trinajstić information content (AvgIpc) is 3.00. The summed E-state index contributed by atoms with van der Waals surface area (Å²) in [6.45, 7) is -0.364. The highest BCUT2D eigenvalue weighted by atomic mass is 127. The molecule has 0 aliphatic rings. The summed E-state index contributed by atoms with van der Waals surface area (Å²) in [5.41, 5.74) is 3.11. The first-order chi connectivity index (χ1) is 12.2. The lowest BCUT2D eigenvalue weighted by Gasteiger charge is -2.29. The van der Waals surface area contributed by atoms with Crippen LogP contribution in [-0.2, 0) is 12.6 Å². The number of anilines is 1. The Kier molecular flexibility index (Phi) is 7.90. The van der Waals surface area contributed by atoms with Gasteiger partial charge in [-0.3, -0.25) is 4.99 Å². The molecule has 0 amide bonds. The highest BCUT2D eigenvalue weighted by Crippen LogP contribution is 2.40. The molecule has 0 radical (unpaired) electrons. The molecule has 0 fully saturated rings. The van der Waals surface area contributed by atoms with Crippen LogP contribution < -0.4 is 15.8 Å². The summed E-state index contributed by atoms with van der Waals surface area (Å²) < 4.78 is 46.5. The van der Waals surface area contributed by atoms with Crippen LogP contribution in [0.4, 0.5) is 18.9 Å². The van der Waals surface area contributed by atoms with E-state index in [-0.39, 0.29) is 36.5 Å². The van der Waals surface area contributed by atoms with Crippen LogP contribution in [0, 0.1) is 0 Å². The summed E-state index contributed by atoms with van der Waals surface area (Å²) in [6.07, 6.45) is -3.12. The van der Waals surface area contributed by atoms with Gasteiger partial charge in [-0.1, -0.05) is 12.1 Å². The number of halogens is 4. The van der Waals surface area contributed by atoms with E-state index in [1.165, 1.54) is 26.6 Å². The van der Waals surface area contributed by atoms with Gasteiger partial charge in [-0.25, -0.2) is 4.98 Å². The van der Waals surface area contributed by atoms with Gasteiger partial charge in [0.25, 0.3) is 0 Å². The molecule has 2 rings (SSSR count). The van der Waals surface area contributed by atoms with Crippen LogP contribution in [0.5, 0.6) is 5.75 Å². The predicted octanol–water partition coefficient (Wildman–Crippen LogP) is 2.61. The zero-order valence-corrected chi connectivity index (χ0v) is 17.0. The molecule has 0 aliphatic heterocycles. The number of nitrogens with zero attached hydrogens (tertiary/aromatic N) is 3. The molecular formula is C16H21F3IN5O2. The number of nitrogens with one attached hydrogen (secondary N) is 1. The lowest BCUT2D eigenvalue weighted by molar-refractivity contribution is -0.272. The van der Waals surface area contributed by atoms with Crippen LogP contribution in [0.2, 0.25) is 0 Å². The zero-order chi connectivity index (χ0) is 19.4. The Morgan fingerprint density at radius 3 is 2.59 bits per heavy atom. The Labute approximate surface area is 171 Å². The summed E-state index contributed by atoms with van der Waals surface area (Å²) in [7, 11) is 2.85. The minimum absolute atomic E-state index is 0. The average molecular weight is 499 g/mol. The third kappa shape index (κ3) is 5.25. The van der Waals surface area contributed by atoms with E-state index in [1.54, 1.807) is 24.3 Å². The number of aliphatic hydroxyl groups is 1. The summed E-state index contributed by atoms with van der Waals surface area (Å²) in [5, 5.41) is 13.0. The van der Waals surface area contributed by atoms with Crippen LogP contribution in [-0.4, -0.2) is 40.4 Å². The van der Waals surface area contributed by atoms with E-state index in [0.717, 1.165) is 4.57 Å². The summed E-state index contributed by atoms with van der Waals surface area (Å²) in [4.78, 5) is 7.49. The molecule has 0 aliphatic carbocycles. The first-order valence-electron chi connectivity index (χ1n) is 7.66. The van der Waals surface area contributed by atoms with E-state index >= 15 is 0 Å². The van der Waals surface area contributed by atoms with Crippen molar-refractivity contribution in [3.8, 4) is 5.75 Å². The molecule has 0 bridgehead atoms. The molecule has 1 atom stereocenters. The molecule has 4 N–H and O–H groups in total. The van der Waals surface area contributed by atoms with Gasteiger partial charge in [0.15, 0.2) is 5.96 Å². The molecular weight excluding hydrogens is 478 g/mol. The quantitative estimate of drug-likeness (QED) is 0.323. The Hall–Kier alpha value is -2.02. The van der Waals surface area contributed by atoms with Gasteiger partial charge in [-0.05, 0) is 12.1 Å². The van der Waals surface area contributed by atoms with Crippen molar-refractivity contribution in [3.05, 3.63) is 42.5 Å². The van der Waals surface area contributed by atoms with Gasteiger partial charge in [0.1, 0.15) is 11.6 Å². The fraction of sp³-hybridized carbons (Fsp3) is 0.375. The number of hydrogen-bond donors (Lipinski definition) is 3. The van der Waals surface area contributed by atoms with Crippen molar-refractivity contribution in [2.75, 3.05) is 19.0 Å². The summed E-state index contributed by atoms with van der Waals surface area (Å²) in [5.74, 6) is -0.0965. The van der Waals surface area contributed by atoms with Crippen molar-refractivity contribution in [2.24, 2.45) is 17.8 Å². The second-order valence-electron chi connectivity index (χ2n) is 5.56. The SMILES string of the molecule is COc1ccccc1NC(N)=NCCC(O)(c1nccn1C)C(F)(F)F.I. The zero-order valence-electron chi connectivity index (χ0n) is 14.7. The molecule has 27 heavy (non-hydrogen) atoms. The second-order valence-corrected chi connectivity index (χ2v) is 5.56. The van der Waals surface area contributed by atoms with Gasteiger partial charge in [0.2, 0.25) is 5.60 Å². The second kappa shape index (κ2) is 9.26. The van der Waals surface area contributed by atoms with Crippen LogP contribution in [0.3, 0.4) is 0 Å². The third-order valence-electron chi connectivity index (χ3n) is 3.79. The molecule has 0 spiro atoms. The number of imidazole rings is 1. The molecule has 1 aromatic heterocycles. The number of alkyl halides is 3. The van der Waals surface area contributed by atoms with Crippen molar-refractivity contribution in [3.63, 3.8) is 0 Å². The largest absolute Gasteiger partial charge is 0.495 e. The van der Waals surface area contributed by atoms with Crippen LogP contribution in [0.25, 0.3) is 0 Å². The molecule has 0 saturated carbocycles. The van der Waals surface area contributed by atoms with Gasteiger partial charge < -0.3 is 25.5 Å². The number of guanidine groups is 1. The van der Waals surface area contributed by atoms with Gasteiger partial charge in [0, 0.05) is 32.4 Å². The molecule has 1 heterocycles. The van der Waals surface area contributed by atoms with E-state index < -0.39 is 24.0 Å². The highest BCUT2D eigenvalue weighted by molar-refractivity contribution is 14.0. The number of aliphatic imine (C=N–C) groups is 1. The Bertz CT molecular complexity index is 781. The minimum atomic E-state index is -4.91. The molecule has 1 unspecified atom stereocenters. The standard InChI is InChI=1S/C16H20F3N5O2.HI/c1-24-10-9-21-13(24)15(25,16(17,18)19)7-8-22-14(20)23-11-5-3-4-6-12(11)26-2;/h3-6,9-10,25H,7-8H2,1-2H3,(H3,20,22,23);1H. The summed E-state index contributed by atoms with van der Waals surface area (Å²) in [6, 6.07) is 6.87. The Morgan fingerprint density at radius 2 is 2.04 bits per heavy atom. The van der Waals surface area contributed by atoms with Crippen molar-refractivity contribution >= 4 is 35.6 Å². The number of aryl methyl sites for hydroxylation is 1. The van der Waals surface area contributed by atoms with Crippen molar-refractivity contribution < 1.29 is 23.0 Å². The number of nitrogens with two attached hydrogens (primary N) is 1. The van der Waals surface area contributed by atoms with Crippen LogP contribution in [0.15, 0.2) is 41.7 Å². The normalized spacial score (nSPS) is 14.2. The monoisotopic (exact) mass is 499 g/mol. The highest BCUT2D eigenvalue weighted by Gasteiger charge is 2.57. The summed E-state index contributed by atoms with van der Waals surface area (Å²) >= 11 is 0. The molecule has 2 aromatic rings. The van der Waals surface area contributed by atoms with Gasteiger partial charge in [-0.15, -0.1) is 24.0 Å². The number of methoxy groups -OCH3 is 1. The number of ether oxygens (including phenoxy) is 1. The maximum Gasteiger partial charge on any atom is 0.424 e. The van der Waals surface area contributed by atoms with Crippen molar-refractivity contribution in [1.29, 1.82) is 0 Å². The molecule has 11 heteroatoms. The topological polar surface area (TPSA) is 97.7 Å². The molecule has 0 saturated heterocycles. The van der Waals surface area contributed by atoms with E-state index in [9.17, 15) is 18.3 Å². The maximum atomic E-state index is 13.4. The number of rotatable bonds is 6. The molecule has 150 valence electrons. The number of hydrogen-bond acceptors (Lipinski definition) is 4. The van der Waals surface area contributed by atoms with Crippen LogP contribution in [0.1, 0.15) is 12.2 Å². The van der Waals surface area contributed by atoms with E-state index in [4.69, 9.17) is 10.5 Å². The van der Waals surface area contributed by atoms with Gasteiger partial charge in [0.05, 0.1) is 12.8 Å². The fourth-order valence-electron chi connectivity index (χ4n) is 2.41. The van der Waals surface area contributed by atoms with Crippen LogP contribution >= 0.6 is 24.0 Å². The van der Waals surface area contributed by atoms with Gasteiger partial charge in [-0.2, -0.15) is 13.2 Å². The van der Waals surface area contributed by atoms with Crippen molar-refractivity contribution in [1.82, 2.24) is 9.55 Å². The lowest BCUT2D eigenvalue weighted by Crippen LogP contribution is -2.45. The molecule has 7 nitrogen and oxygen atoms in total. The maximum absolute atomic E-state index is 13.4. The van der Waals surface area contributed by atoms with E-state index in [0.29, 0.717) is 11.4 Å². The first-order valence-corrected chi connectivity index (χ1v) is 7.66. The Morgan fingerprint density at radius 1 is 1.37 bits per heavy atom. The predicted molar refractivity (Wildman–Crippen MR) is 106 cm³/mol. The first kappa shape index (κ1) is 23.0. The third-order valence-corrected chi connectivity index (χ3v) is 3.79. The minimum Gasteiger partial charge on any atom is -0.495 e. The fourth-order valence-corrected chi connectivity index (χ4v) is 2.41. The smallest absolute Gasteiger partial charge is 0.424 e. The number of benzene rings is 1. The number of para-hydroxylation sites is 2. The molecule has 1 aromatic carbocycles. The number of aromatic nitrogens is 2.